The van der Waals surface area contributed by atoms with Crippen molar-refractivity contribution in [1.29, 1.82) is 0 Å². The van der Waals surface area contributed by atoms with Gasteiger partial charge in [0, 0.05) is 24.7 Å². The standard InChI is InChI=1S/C10H17NO3/c1-8(2)11-3-4-14-7-9(6-11)5-10(12)13/h9H,1,3-7H2,2H3,(H,12,13). The maximum atomic E-state index is 10.6. The van der Waals surface area contributed by atoms with Crippen molar-refractivity contribution in [1.82, 2.24) is 4.90 Å². The van der Waals surface area contributed by atoms with E-state index in [0.717, 1.165) is 18.8 Å². The monoisotopic (exact) mass is 199 g/mol. The Hall–Kier alpha value is -1.03. The Bertz CT molecular complexity index is 227. The molecule has 1 atom stereocenters. The van der Waals surface area contributed by atoms with E-state index in [1.165, 1.54) is 0 Å². The lowest BCUT2D eigenvalue weighted by Crippen LogP contribution is -2.29. The molecule has 0 aromatic rings. The summed E-state index contributed by atoms with van der Waals surface area (Å²) < 4.78 is 5.34. The van der Waals surface area contributed by atoms with E-state index in [1.54, 1.807) is 0 Å². The zero-order valence-electron chi connectivity index (χ0n) is 8.53. The van der Waals surface area contributed by atoms with Crippen molar-refractivity contribution >= 4 is 5.97 Å². The molecule has 0 bridgehead atoms. The third-order valence-electron chi connectivity index (χ3n) is 2.34. The van der Waals surface area contributed by atoms with Crippen LogP contribution in [0.2, 0.25) is 0 Å². The molecule has 1 aliphatic heterocycles. The number of carbonyl (C=O) groups is 1. The van der Waals surface area contributed by atoms with Crippen LogP contribution < -0.4 is 0 Å². The predicted octanol–water partition coefficient (Wildman–Crippen LogP) is 0.943. The zero-order valence-corrected chi connectivity index (χ0v) is 8.53. The fourth-order valence-electron chi connectivity index (χ4n) is 1.60. The summed E-state index contributed by atoms with van der Waals surface area (Å²) in [6.07, 6.45) is 0.170. The molecule has 0 aromatic heterocycles. The van der Waals surface area contributed by atoms with Gasteiger partial charge in [-0.25, -0.2) is 0 Å². The fraction of sp³-hybridized carbons (Fsp3) is 0.700. The van der Waals surface area contributed by atoms with Gasteiger partial charge in [-0.1, -0.05) is 6.58 Å². The number of allylic oxidation sites excluding steroid dienone is 1. The Balaban J connectivity index is 2.51. The summed E-state index contributed by atoms with van der Waals surface area (Å²) in [5, 5.41) is 8.69. The van der Waals surface area contributed by atoms with Gasteiger partial charge in [-0.15, -0.1) is 0 Å². The van der Waals surface area contributed by atoms with Crippen molar-refractivity contribution in [3.05, 3.63) is 12.3 Å². The zero-order chi connectivity index (χ0) is 10.6. The number of hydrogen-bond acceptors (Lipinski definition) is 3. The lowest BCUT2D eigenvalue weighted by atomic mass is 10.1. The minimum Gasteiger partial charge on any atom is -0.481 e. The molecule has 1 rings (SSSR count). The molecule has 0 spiro atoms. The van der Waals surface area contributed by atoms with Crippen molar-refractivity contribution in [2.75, 3.05) is 26.3 Å². The molecule has 0 amide bonds. The average Bonchev–Trinajstić information content (AvgIpc) is 2.28. The van der Waals surface area contributed by atoms with Gasteiger partial charge < -0.3 is 14.7 Å². The first-order chi connectivity index (χ1) is 6.59. The molecule has 0 saturated carbocycles. The molecule has 0 aromatic carbocycles. The van der Waals surface area contributed by atoms with E-state index in [-0.39, 0.29) is 12.3 Å². The molecule has 1 fully saturated rings. The van der Waals surface area contributed by atoms with Gasteiger partial charge in [0.15, 0.2) is 0 Å². The van der Waals surface area contributed by atoms with E-state index in [1.807, 2.05) is 6.92 Å². The quantitative estimate of drug-likeness (QED) is 0.735. The highest BCUT2D eigenvalue weighted by Crippen LogP contribution is 2.13. The number of ether oxygens (including phenoxy) is 1. The molecule has 1 unspecified atom stereocenters. The van der Waals surface area contributed by atoms with Gasteiger partial charge in [-0.2, -0.15) is 0 Å². The molecule has 0 aliphatic carbocycles. The summed E-state index contributed by atoms with van der Waals surface area (Å²) in [6, 6.07) is 0. The highest BCUT2D eigenvalue weighted by molar-refractivity contribution is 5.67. The Morgan fingerprint density at radius 3 is 3.00 bits per heavy atom. The number of nitrogens with zero attached hydrogens (tertiary/aromatic N) is 1. The van der Waals surface area contributed by atoms with Crippen molar-refractivity contribution in [2.24, 2.45) is 5.92 Å². The van der Waals surface area contributed by atoms with Crippen LogP contribution in [0.5, 0.6) is 0 Å². The van der Waals surface area contributed by atoms with Crippen LogP contribution in [-0.4, -0.2) is 42.3 Å². The average molecular weight is 199 g/mol. The van der Waals surface area contributed by atoms with Gasteiger partial charge in [0.25, 0.3) is 0 Å². The first-order valence-electron chi connectivity index (χ1n) is 4.79. The highest BCUT2D eigenvalue weighted by atomic mass is 16.5. The van der Waals surface area contributed by atoms with Crippen LogP contribution in [0.4, 0.5) is 0 Å². The molecular formula is C10H17NO3. The van der Waals surface area contributed by atoms with E-state index >= 15 is 0 Å². The molecule has 14 heavy (non-hydrogen) atoms. The van der Waals surface area contributed by atoms with Crippen molar-refractivity contribution in [3.63, 3.8) is 0 Å². The Kier molecular flexibility index (Phi) is 3.95. The summed E-state index contributed by atoms with van der Waals surface area (Å²) in [5.41, 5.74) is 0.978. The SMILES string of the molecule is C=C(C)N1CCOCC(CC(=O)O)C1. The largest absolute Gasteiger partial charge is 0.481 e. The number of carboxylic acid groups (broad SMARTS) is 1. The first-order valence-corrected chi connectivity index (χ1v) is 4.79. The normalized spacial score (nSPS) is 22.9. The van der Waals surface area contributed by atoms with Crippen LogP contribution in [0.3, 0.4) is 0 Å². The Morgan fingerprint density at radius 2 is 2.43 bits per heavy atom. The summed E-state index contributed by atoms with van der Waals surface area (Å²) in [6.45, 7) is 8.53. The van der Waals surface area contributed by atoms with E-state index in [0.29, 0.717) is 13.2 Å². The van der Waals surface area contributed by atoms with Crippen molar-refractivity contribution < 1.29 is 14.6 Å². The third-order valence-corrected chi connectivity index (χ3v) is 2.34. The molecule has 1 heterocycles. The van der Waals surface area contributed by atoms with Crippen molar-refractivity contribution in [2.45, 2.75) is 13.3 Å². The van der Waals surface area contributed by atoms with Crippen LogP contribution in [-0.2, 0) is 9.53 Å². The lowest BCUT2D eigenvalue weighted by molar-refractivity contribution is -0.138. The maximum Gasteiger partial charge on any atom is 0.303 e. The summed E-state index contributed by atoms with van der Waals surface area (Å²) >= 11 is 0. The molecule has 0 radical (unpaired) electrons. The van der Waals surface area contributed by atoms with Gasteiger partial charge >= 0.3 is 5.97 Å². The number of hydrogen-bond donors (Lipinski definition) is 1. The van der Waals surface area contributed by atoms with Gasteiger partial charge in [0.2, 0.25) is 0 Å². The van der Waals surface area contributed by atoms with Crippen molar-refractivity contribution in [3.8, 4) is 0 Å². The van der Waals surface area contributed by atoms with Crippen LogP contribution in [0.25, 0.3) is 0 Å². The summed E-state index contributed by atoms with van der Waals surface area (Å²) in [5.74, 6) is -0.686. The van der Waals surface area contributed by atoms with Crippen LogP contribution >= 0.6 is 0 Å². The smallest absolute Gasteiger partial charge is 0.303 e. The van der Waals surface area contributed by atoms with E-state index in [9.17, 15) is 4.79 Å². The minimum atomic E-state index is -0.762. The molecular weight excluding hydrogens is 182 g/mol. The Morgan fingerprint density at radius 1 is 1.71 bits per heavy atom. The van der Waals surface area contributed by atoms with Crippen LogP contribution in [0.15, 0.2) is 12.3 Å². The summed E-state index contributed by atoms with van der Waals surface area (Å²) in [4.78, 5) is 12.6. The number of aliphatic carboxylic acids is 1. The van der Waals surface area contributed by atoms with Crippen LogP contribution in [0, 0.1) is 5.92 Å². The second-order valence-electron chi connectivity index (χ2n) is 3.72. The van der Waals surface area contributed by atoms with Gasteiger partial charge in [-0.3, -0.25) is 4.79 Å². The van der Waals surface area contributed by atoms with Gasteiger partial charge in [0.1, 0.15) is 0 Å². The molecule has 1 N–H and O–H groups in total. The summed E-state index contributed by atoms with van der Waals surface area (Å²) in [7, 11) is 0. The van der Waals surface area contributed by atoms with Crippen LogP contribution in [0.1, 0.15) is 13.3 Å². The Labute approximate surface area is 84.2 Å². The molecule has 4 heteroatoms. The lowest BCUT2D eigenvalue weighted by Gasteiger charge is -2.24. The number of rotatable bonds is 3. The second kappa shape index (κ2) is 5.00. The molecule has 4 nitrogen and oxygen atoms in total. The minimum absolute atomic E-state index is 0.0756. The molecule has 1 saturated heterocycles. The predicted molar refractivity (Wildman–Crippen MR) is 52.9 cm³/mol. The van der Waals surface area contributed by atoms with E-state index < -0.39 is 5.97 Å². The third kappa shape index (κ3) is 3.38. The van der Waals surface area contributed by atoms with Gasteiger partial charge in [0.05, 0.1) is 19.6 Å². The molecule has 80 valence electrons. The molecule has 1 aliphatic rings. The van der Waals surface area contributed by atoms with E-state index in [2.05, 4.69) is 11.5 Å². The van der Waals surface area contributed by atoms with Gasteiger partial charge in [-0.05, 0) is 6.92 Å². The number of carboxylic acids is 1. The maximum absolute atomic E-state index is 10.6. The fourth-order valence-corrected chi connectivity index (χ4v) is 1.60. The highest BCUT2D eigenvalue weighted by Gasteiger charge is 2.20. The second-order valence-corrected chi connectivity index (χ2v) is 3.72. The first kappa shape index (κ1) is 11.0. The topological polar surface area (TPSA) is 49.8 Å². The van der Waals surface area contributed by atoms with E-state index in [4.69, 9.17) is 9.84 Å².